The number of rotatable bonds is 4. The highest BCUT2D eigenvalue weighted by atomic mass is 16.5. The minimum atomic E-state index is 0.0595. The SMILES string of the molecule is COC1CCC2(CC1)Cc1ccc(OCC3CCC3)cc1C2=N. The molecule has 0 bridgehead atoms. The van der Waals surface area contributed by atoms with E-state index in [1.165, 1.54) is 24.8 Å². The van der Waals surface area contributed by atoms with Crippen molar-refractivity contribution in [3.05, 3.63) is 29.3 Å². The van der Waals surface area contributed by atoms with Crippen LogP contribution in [0.5, 0.6) is 5.75 Å². The first kappa shape index (κ1) is 15.2. The topological polar surface area (TPSA) is 42.3 Å². The molecule has 0 atom stereocenters. The highest BCUT2D eigenvalue weighted by Crippen LogP contribution is 2.48. The number of nitrogens with one attached hydrogen (secondary N) is 1. The van der Waals surface area contributed by atoms with Gasteiger partial charge in [-0.1, -0.05) is 12.5 Å². The second-order valence-electron chi connectivity index (χ2n) is 7.69. The molecule has 4 rings (SSSR count). The second kappa shape index (κ2) is 5.94. The van der Waals surface area contributed by atoms with Crippen molar-refractivity contribution >= 4 is 5.71 Å². The number of methoxy groups -OCH3 is 1. The first-order valence-corrected chi connectivity index (χ1v) is 9.08. The summed E-state index contributed by atoms with van der Waals surface area (Å²) in [7, 11) is 1.81. The molecule has 0 amide bonds. The van der Waals surface area contributed by atoms with Gasteiger partial charge in [-0.3, -0.25) is 0 Å². The van der Waals surface area contributed by atoms with Crippen molar-refractivity contribution in [2.45, 2.75) is 57.5 Å². The highest BCUT2D eigenvalue weighted by molar-refractivity contribution is 6.07. The van der Waals surface area contributed by atoms with Crippen LogP contribution in [-0.4, -0.2) is 25.5 Å². The van der Waals surface area contributed by atoms with Crippen molar-refractivity contribution in [3.63, 3.8) is 0 Å². The molecule has 2 fully saturated rings. The summed E-state index contributed by atoms with van der Waals surface area (Å²) in [6, 6.07) is 6.41. The van der Waals surface area contributed by atoms with Crippen molar-refractivity contribution < 1.29 is 9.47 Å². The van der Waals surface area contributed by atoms with E-state index >= 15 is 0 Å². The lowest BCUT2D eigenvalue weighted by atomic mass is 9.70. The number of fused-ring (bicyclic) bond motifs is 1. The van der Waals surface area contributed by atoms with Gasteiger partial charge in [0.25, 0.3) is 0 Å². The number of benzene rings is 1. The molecule has 1 spiro atoms. The molecule has 0 unspecified atom stereocenters. The Morgan fingerprint density at radius 1 is 1.17 bits per heavy atom. The largest absolute Gasteiger partial charge is 0.493 e. The van der Waals surface area contributed by atoms with Crippen LogP contribution in [-0.2, 0) is 11.2 Å². The molecular weight excluding hydrogens is 286 g/mol. The molecule has 0 aromatic heterocycles. The van der Waals surface area contributed by atoms with Crippen molar-refractivity contribution in [3.8, 4) is 5.75 Å². The van der Waals surface area contributed by atoms with Crippen LogP contribution in [0, 0.1) is 16.7 Å². The standard InChI is InChI=1S/C20H27NO2/c1-22-16-7-9-20(10-8-16)12-15-5-6-17(11-18(15)19(20)21)23-13-14-3-2-4-14/h5-6,11,14,16,21H,2-4,7-10,12-13H2,1H3. The van der Waals surface area contributed by atoms with Crippen molar-refractivity contribution in [1.82, 2.24) is 0 Å². The zero-order valence-electron chi connectivity index (χ0n) is 14.1. The second-order valence-corrected chi connectivity index (χ2v) is 7.69. The van der Waals surface area contributed by atoms with E-state index in [1.807, 2.05) is 7.11 Å². The lowest BCUT2D eigenvalue weighted by Gasteiger charge is -2.36. The molecular formula is C20H27NO2. The van der Waals surface area contributed by atoms with Gasteiger partial charge in [-0.2, -0.15) is 0 Å². The Kier molecular flexibility index (Phi) is 3.92. The van der Waals surface area contributed by atoms with Crippen LogP contribution in [0.25, 0.3) is 0 Å². The van der Waals surface area contributed by atoms with Crippen molar-refractivity contribution in [2.24, 2.45) is 11.3 Å². The van der Waals surface area contributed by atoms with Crippen LogP contribution in [0.1, 0.15) is 56.1 Å². The third kappa shape index (κ3) is 2.69. The lowest BCUT2D eigenvalue weighted by Crippen LogP contribution is -2.35. The Bertz CT molecular complexity index is 598. The quantitative estimate of drug-likeness (QED) is 0.897. The Hall–Kier alpha value is -1.35. The summed E-state index contributed by atoms with van der Waals surface area (Å²) >= 11 is 0. The molecule has 1 N–H and O–H groups in total. The van der Waals surface area contributed by atoms with Gasteiger partial charge < -0.3 is 14.9 Å². The van der Waals surface area contributed by atoms with E-state index in [1.54, 1.807) is 0 Å². The van der Waals surface area contributed by atoms with Crippen molar-refractivity contribution in [1.29, 1.82) is 5.41 Å². The molecule has 0 heterocycles. The first-order chi connectivity index (χ1) is 11.2. The predicted molar refractivity (Wildman–Crippen MR) is 91.5 cm³/mol. The van der Waals surface area contributed by atoms with E-state index in [4.69, 9.17) is 14.9 Å². The molecule has 3 aliphatic rings. The normalized spacial score (nSPS) is 30.3. The molecule has 3 heteroatoms. The average Bonchev–Trinajstić information content (AvgIpc) is 2.79. The number of hydrogen-bond acceptors (Lipinski definition) is 3. The molecule has 23 heavy (non-hydrogen) atoms. The molecule has 124 valence electrons. The summed E-state index contributed by atoms with van der Waals surface area (Å²) in [6.07, 6.45) is 9.71. The van der Waals surface area contributed by atoms with E-state index in [9.17, 15) is 0 Å². The summed E-state index contributed by atoms with van der Waals surface area (Å²) in [5.41, 5.74) is 3.37. The van der Waals surface area contributed by atoms with Crippen LogP contribution in [0.4, 0.5) is 0 Å². The molecule has 3 aliphatic carbocycles. The molecule has 2 saturated carbocycles. The van der Waals surface area contributed by atoms with E-state index in [0.717, 1.165) is 61.7 Å². The van der Waals surface area contributed by atoms with Crippen LogP contribution in [0.3, 0.4) is 0 Å². The maximum Gasteiger partial charge on any atom is 0.119 e. The fraction of sp³-hybridized carbons (Fsp3) is 0.650. The Labute approximate surface area is 138 Å². The van der Waals surface area contributed by atoms with E-state index in [2.05, 4.69) is 18.2 Å². The van der Waals surface area contributed by atoms with Crippen LogP contribution in [0.2, 0.25) is 0 Å². The van der Waals surface area contributed by atoms with Crippen molar-refractivity contribution in [2.75, 3.05) is 13.7 Å². The summed E-state index contributed by atoms with van der Waals surface area (Å²) in [6.45, 7) is 0.840. The lowest BCUT2D eigenvalue weighted by molar-refractivity contribution is 0.0467. The molecule has 1 aromatic rings. The summed E-state index contributed by atoms with van der Waals surface area (Å²) in [5, 5.41) is 8.76. The minimum Gasteiger partial charge on any atom is -0.493 e. The number of hydrogen-bond donors (Lipinski definition) is 1. The maximum absolute atomic E-state index is 8.76. The molecule has 3 nitrogen and oxygen atoms in total. The molecule has 0 saturated heterocycles. The molecule has 0 aliphatic heterocycles. The number of ether oxygens (including phenoxy) is 2. The van der Waals surface area contributed by atoms with E-state index in [0.29, 0.717) is 6.10 Å². The van der Waals surface area contributed by atoms with Crippen LogP contribution < -0.4 is 4.74 Å². The summed E-state index contributed by atoms with van der Waals surface area (Å²) in [4.78, 5) is 0. The van der Waals surface area contributed by atoms with Gasteiger partial charge in [-0.05, 0) is 68.6 Å². The summed E-state index contributed by atoms with van der Waals surface area (Å²) < 4.78 is 11.5. The van der Waals surface area contributed by atoms with Gasteiger partial charge in [0.15, 0.2) is 0 Å². The Morgan fingerprint density at radius 3 is 2.61 bits per heavy atom. The fourth-order valence-corrected chi connectivity index (χ4v) is 4.45. The van der Waals surface area contributed by atoms with Gasteiger partial charge in [0.05, 0.1) is 12.7 Å². The Morgan fingerprint density at radius 2 is 1.96 bits per heavy atom. The third-order valence-electron chi connectivity index (χ3n) is 6.34. The van der Waals surface area contributed by atoms with Gasteiger partial charge in [-0.25, -0.2) is 0 Å². The van der Waals surface area contributed by atoms with Gasteiger partial charge >= 0.3 is 0 Å². The van der Waals surface area contributed by atoms with Crippen LogP contribution >= 0.6 is 0 Å². The fourth-order valence-electron chi connectivity index (χ4n) is 4.45. The molecule has 0 radical (unpaired) electrons. The highest BCUT2D eigenvalue weighted by Gasteiger charge is 2.44. The molecule has 1 aromatic carbocycles. The van der Waals surface area contributed by atoms with Gasteiger partial charge in [0.1, 0.15) is 5.75 Å². The van der Waals surface area contributed by atoms with Gasteiger partial charge in [0, 0.05) is 23.8 Å². The average molecular weight is 313 g/mol. The van der Waals surface area contributed by atoms with Gasteiger partial charge in [-0.15, -0.1) is 0 Å². The Balaban J connectivity index is 1.47. The minimum absolute atomic E-state index is 0.0595. The van der Waals surface area contributed by atoms with E-state index in [-0.39, 0.29) is 5.41 Å². The monoisotopic (exact) mass is 313 g/mol. The smallest absolute Gasteiger partial charge is 0.119 e. The van der Waals surface area contributed by atoms with Gasteiger partial charge in [0.2, 0.25) is 0 Å². The summed E-state index contributed by atoms with van der Waals surface area (Å²) in [5.74, 6) is 1.70. The van der Waals surface area contributed by atoms with Crippen LogP contribution in [0.15, 0.2) is 18.2 Å². The predicted octanol–water partition coefficient (Wildman–Crippen LogP) is 4.36. The zero-order chi connectivity index (χ0) is 15.9. The maximum atomic E-state index is 8.76. The third-order valence-corrected chi connectivity index (χ3v) is 6.34. The first-order valence-electron chi connectivity index (χ1n) is 9.08. The van der Waals surface area contributed by atoms with E-state index < -0.39 is 0 Å². The zero-order valence-corrected chi connectivity index (χ0v) is 14.1.